The Hall–Kier alpha value is -2.27. The van der Waals surface area contributed by atoms with Crippen molar-refractivity contribution in [2.24, 2.45) is 16.3 Å². The van der Waals surface area contributed by atoms with Crippen molar-refractivity contribution in [3.8, 4) is 0 Å². The Labute approximate surface area is 147 Å². The van der Waals surface area contributed by atoms with Crippen molar-refractivity contribution in [2.75, 3.05) is 13.2 Å². The lowest BCUT2D eigenvalue weighted by Crippen LogP contribution is -2.52. The zero-order chi connectivity index (χ0) is 18.1. The summed E-state index contributed by atoms with van der Waals surface area (Å²) < 4.78 is 11.2. The number of allylic oxidation sites excluding steroid dienone is 1. The van der Waals surface area contributed by atoms with Crippen LogP contribution in [0.4, 0.5) is 0 Å². The van der Waals surface area contributed by atoms with Gasteiger partial charge in [-0.3, -0.25) is 9.59 Å². The van der Waals surface area contributed by atoms with Crippen molar-refractivity contribution >= 4 is 17.5 Å². The second-order valence-electron chi connectivity index (χ2n) is 6.33. The fourth-order valence-electron chi connectivity index (χ4n) is 3.69. The number of fused-ring (bicyclic) bond motifs is 2. The third kappa shape index (κ3) is 2.45. The van der Waals surface area contributed by atoms with E-state index in [0.717, 1.165) is 5.56 Å². The van der Waals surface area contributed by atoms with Crippen LogP contribution in [-0.4, -0.2) is 36.4 Å². The maximum atomic E-state index is 13.6. The van der Waals surface area contributed by atoms with E-state index in [4.69, 9.17) is 14.5 Å². The molecule has 0 unspecified atom stereocenters. The molecule has 1 aliphatic heterocycles. The number of aliphatic imine (C=N–C) groups is 1. The molecule has 0 saturated heterocycles. The van der Waals surface area contributed by atoms with Gasteiger partial charge in [-0.1, -0.05) is 49.4 Å². The lowest BCUT2D eigenvalue weighted by molar-refractivity contribution is -0.164. The third-order valence-electron chi connectivity index (χ3n) is 4.90. The normalized spacial score (nSPS) is 30.8. The molecule has 0 radical (unpaired) electrons. The minimum absolute atomic E-state index is 0.205. The quantitative estimate of drug-likeness (QED) is 0.469. The molecule has 1 aliphatic carbocycles. The van der Waals surface area contributed by atoms with Gasteiger partial charge in [-0.05, 0) is 25.8 Å². The smallest absolute Gasteiger partial charge is 0.326 e. The molecule has 0 amide bonds. The number of ketones is 1. The van der Waals surface area contributed by atoms with Crippen LogP contribution >= 0.6 is 0 Å². The fraction of sp³-hybridized carbons (Fsp3) is 0.450. The number of Topliss-reactive ketones (excluding diaryl/α,β-unsaturated/α-hetero) is 1. The highest BCUT2D eigenvalue weighted by Gasteiger charge is 2.66. The highest BCUT2D eigenvalue weighted by atomic mass is 16.5. The second kappa shape index (κ2) is 6.56. The molecule has 1 aromatic rings. The summed E-state index contributed by atoms with van der Waals surface area (Å²) in [5.41, 5.74) is -1.64. The number of carbonyl (C=O) groups is 2. The van der Waals surface area contributed by atoms with Crippen LogP contribution in [0, 0.1) is 11.3 Å². The number of esters is 1. The molecule has 3 atom stereocenters. The molecule has 2 aliphatic rings. The monoisotopic (exact) mass is 341 g/mol. The largest absolute Gasteiger partial charge is 0.465 e. The Morgan fingerprint density at radius 3 is 2.60 bits per heavy atom. The summed E-state index contributed by atoms with van der Waals surface area (Å²) in [6.07, 6.45) is 4.01. The molecule has 0 fully saturated rings. The maximum absolute atomic E-state index is 13.6. The number of hydrogen-bond donors (Lipinski definition) is 0. The summed E-state index contributed by atoms with van der Waals surface area (Å²) in [6.45, 7) is 5.98. The maximum Gasteiger partial charge on any atom is 0.326 e. The standard InChI is InChI=1S/C20H23NO4/c1-4-24-18(23)19-13-9-10-14(3)20(17(19)22,25-5-2)21-16(19)15-11-7-6-8-12-15/h6-12,14H,4-5,13H2,1-3H3/t14-,19+,20+/m1/s1. The van der Waals surface area contributed by atoms with Crippen molar-refractivity contribution in [3.63, 3.8) is 0 Å². The lowest BCUT2D eigenvalue weighted by Gasteiger charge is -2.31. The SMILES string of the molecule is CCOC(=O)[C@@]12CC=C[C@@H](C)[C@@](OCC)(N=C1c1ccccc1)C2=O. The van der Waals surface area contributed by atoms with Crippen molar-refractivity contribution in [1.29, 1.82) is 0 Å². The molecule has 0 saturated carbocycles. The summed E-state index contributed by atoms with van der Waals surface area (Å²) in [5.74, 6) is -1.14. The van der Waals surface area contributed by atoms with Gasteiger partial charge in [0, 0.05) is 12.5 Å². The zero-order valence-corrected chi connectivity index (χ0v) is 14.8. The van der Waals surface area contributed by atoms with Crippen LogP contribution in [0.25, 0.3) is 0 Å². The van der Waals surface area contributed by atoms with E-state index in [9.17, 15) is 9.59 Å². The number of hydrogen-bond acceptors (Lipinski definition) is 5. The summed E-state index contributed by atoms with van der Waals surface area (Å²) in [5, 5.41) is 0. The van der Waals surface area contributed by atoms with Gasteiger partial charge >= 0.3 is 5.97 Å². The molecule has 0 aromatic heterocycles. The zero-order valence-electron chi connectivity index (χ0n) is 14.8. The minimum Gasteiger partial charge on any atom is -0.465 e. The average Bonchev–Trinajstić information content (AvgIpc) is 2.81. The molecule has 5 nitrogen and oxygen atoms in total. The van der Waals surface area contributed by atoms with Crippen molar-refractivity contribution in [1.82, 2.24) is 0 Å². The number of rotatable bonds is 5. The van der Waals surface area contributed by atoms with E-state index in [1.807, 2.05) is 56.3 Å². The fourth-order valence-corrected chi connectivity index (χ4v) is 3.69. The Morgan fingerprint density at radius 2 is 1.96 bits per heavy atom. The highest BCUT2D eigenvalue weighted by molar-refractivity contribution is 6.34. The molecule has 3 rings (SSSR count). The van der Waals surface area contributed by atoms with Gasteiger partial charge < -0.3 is 9.47 Å². The van der Waals surface area contributed by atoms with Crippen LogP contribution in [-0.2, 0) is 19.1 Å². The molecule has 0 N–H and O–H groups in total. The first-order valence-electron chi connectivity index (χ1n) is 8.71. The Kier molecular flexibility index (Phi) is 4.60. The van der Waals surface area contributed by atoms with E-state index < -0.39 is 17.1 Å². The Morgan fingerprint density at radius 1 is 1.24 bits per heavy atom. The second-order valence-corrected chi connectivity index (χ2v) is 6.33. The first-order chi connectivity index (χ1) is 12.0. The lowest BCUT2D eigenvalue weighted by atomic mass is 9.73. The molecule has 1 aromatic carbocycles. The van der Waals surface area contributed by atoms with E-state index in [1.54, 1.807) is 6.92 Å². The van der Waals surface area contributed by atoms with Gasteiger partial charge in [-0.25, -0.2) is 4.99 Å². The highest BCUT2D eigenvalue weighted by Crippen LogP contribution is 2.48. The van der Waals surface area contributed by atoms with Crippen LogP contribution in [0.15, 0.2) is 47.5 Å². The summed E-state index contributed by atoms with van der Waals surface area (Å²) in [7, 11) is 0. The van der Waals surface area contributed by atoms with Crippen molar-refractivity contribution in [3.05, 3.63) is 48.0 Å². The van der Waals surface area contributed by atoms with Gasteiger partial charge in [0.2, 0.25) is 11.5 Å². The molecular weight excluding hydrogens is 318 g/mol. The molecule has 1 heterocycles. The van der Waals surface area contributed by atoms with Gasteiger partial charge in [-0.15, -0.1) is 0 Å². The van der Waals surface area contributed by atoms with Gasteiger partial charge in [0.25, 0.3) is 0 Å². The molecule has 132 valence electrons. The van der Waals surface area contributed by atoms with Crippen LogP contribution in [0.3, 0.4) is 0 Å². The van der Waals surface area contributed by atoms with E-state index in [2.05, 4.69) is 0 Å². The topological polar surface area (TPSA) is 65.0 Å². The first-order valence-corrected chi connectivity index (χ1v) is 8.71. The number of benzene rings is 1. The van der Waals surface area contributed by atoms with Crippen LogP contribution in [0.2, 0.25) is 0 Å². The molecule has 5 heteroatoms. The summed E-state index contributed by atoms with van der Waals surface area (Å²) >= 11 is 0. The number of carbonyl (C=O) groups excluding carboxylic acids is 2. The van der Waals surface area contributed by atoms with Crippen LogP contribution < -0.4 is 0 Å². The van der Waals surface area contributed by atoms with E-state index in [0.29, 0.717) is 12.3 Å². The van der Waals surface area contributed by atoms with Gasteiger partial charge in [0.1, 0.15) is 0 Å². The predicted molar refractivity (Wildman–Crippen MR) is 94.3 cm³/mol. The third-order valence-corrected chi connectivity index (χ3v) is 4.90. The van der Waals surface area contributed by atoms with E-state index >= 15 is 0 Å². The van der Waals surface area contributed by atoms with Crippen LogP contribution in [0.5, 0.6) is 0 Å². The molecular formula is C20H23NO4. The van der Waals surface area contributed by atoms with E-state index in [-0.39, 0.29) is 24.7 Å². The number of nitrogens with zero attached hydrogens (tertiary/aromatic N) is 1. The summed E-state index contributed by atoms with van der Waals surface area (Å²) in [6, 6.07) is 9.33. The van der Waals surface area contributed by atoms with Crippen LogP contribution in [0.1, 0.15) is 32.8 Å². The molecule has 2 bridgehead atoms. The molecule has 0 spiro atoms. The van der Waals surface area contributed by atoms with Gasteiger partial charge in [0.05, 0.1) is 12.3 Å². The van der Waals surface area contributed by atoms with E-state index in [1.165, 1.54) is 0 Å². The van der Waals surface area contributed by atoms with Gasteiger partial charge in [0.15, 0.2) is 5.41 Å². The number of ether oxygens (including phenoxy) is 2. The first kappa shape index (κ1) is 17.5. The van der Waals surface area contributed by atoms with Gasteiger partial charge in [-0.2, -0.15) is 0 Å². The molecule has 25 heavy (non-hydrogen) atoms. The predicted octanol–water partition coefficient (Wildman–Crippen LogP) is 2.94. The minimum atomic E-state index is -1.45. The Bertz CT molecular complexity index is 739. The van der Waals surface area contributed by atoms with Crippen molar-refractivity contribution < 1.29 is 19.1 Å². The van der Waals surface area contributed by atoms with Crippen molar-refractivity contribution in [2.45, 2.75) is 32.9 Å². The average molecular weight is 341 g/mol. The Balaban J connectivity index is 2.26. The summed E-state index contributed by atoms with van der Waals surface area (Å²) in [4.78, 5) is 31.3.